The molecule has 3 aromatic rings. The Hall–Kier alpha value is -2.48. The standard InChI is InChI=1S/C17H14O2/c1-2-5-11-8-9-14-15(10-11)17(19)13-7-4-3-6-12(13)16(14)18/h2-4,6-10,18-19H,1,5H2. The predicted octanol–water partition coefficient (Wildman–Crippen LogP) is 4.13. The first-order valence-corrected chi connectivity index (χ1v) is 6.18. The van der Waals surface area contributed by atoms with E-state index in [1.807, 2.05) is 48.5 Å². The van der Waals surface area contributed by atoms with Gasteiger partial charge in [-0.1, -0.05) is 42.5 Å². The Morgan fingerprint density at radius 2 is 1.42 bits per heavy atom. The van der Waals surface area contributed by atoms with Gasteiger partial charge in [0.05, 0.1) is 0 Å². The molecule has 0 aliphatic heterocycles. The third kappa shape index (κ3) is 1.73. The normalized spacial score (nSPS) is 10.9. The zero-order valence-electron chi connectivity index (χ0n) is 10.4. The third-order valence-corrected chi connectivity index (χ3v) is 3.41. The van der Waals surface area contributed by atoms with E-state index in [9.17, 15) is 10.2 Å². The van der Waals surface area contributed by atoms with Gasteiger partial charge in [-0.15, -0.1) is 6.58 Å². The molecule has 0 saturated carbocycles. The summed E-state index contributed by atoms with van der Waals surface area (Å²) in [6, 6.07) is 13.0. The summed E-state index contributed by atoms with van der Waals surface area (Å²) in [5.41, 5.74) is 1.06. The number of phenolic OH excluding ortho intramolecular Hbond substituents is 2. The van der Waals surface area contributed by atoms with Crippen LogP contribution in [0.2, 0.25) is 0 Å². The van der Waals surface area contributed by atoms with E-state index in [1.165, 1.54) is 0 Å². The van der Waals surface area contributed by atoms with Crippen LogP contribution in [0, 0.1) is 0 Å². The number of rotatable bonds is 2. The van der Waals surface area contributed by atoms with E-state index in [0.717, 1.165) is 12.0 Å². The molecular weight excluding hydrogens is 236 g/mol. The second-order valence-corrected chi connectivity index (χ2v) is 4.62. The third-order valence-electron chi connectivity index (χ3n) is 3.41. The Morgan fingerprint density at radius 1 is 0.842 bits per heavy atom. The number of phenols is 2. The Balaban J connectivity index is 2.45. The van der Waals surface area contributed by atoms with E-state index in [2.05, 4.69) is 6.58 Å². The summed E-state index contributed by atoms with van der Waals surface area (Å²) in [4.78, 5) is 0. The zero-order chi connectivity index (χ0) is 13.4. The predicted molar refractivity (Wildman–Crippen MR) is 78.7 cm³/mol. The van der Waals surface area contributed by atoms with Crippen molar-refractivity contribution >= 4 is 21.5 Å². The summed E-state index contributed by atoms with van der Waals surface area (Å²) >= 11 is 0. The summed E-state index contributed by atoms with van der Waals surface area (Å²) in [6.07, 6.45) is 2.56. The van der Waals surface area contributed by atoms with Crippen LogP contribution in [0.5, 0.6) is 11.5 Å². The molecule has 3 aromatic carbocycles. The number of allylic oxidation sites excluding steroid dienone is 1. The van der Waals surface area contributed by atoms with Gasteiger partial charge in [0.1, 0.15) is 11.5 Å². The number of aromatic hydroxyl groups is 2. The van der Waals surface area contributed by atoms with Crippen LogP contribution in [0.4, 0.5) is 0 Å². The Labute approximate surface area is 111 Å². The number of hydrogen-bond acceptors (Lipinski definition) is 2. The summed E-state index contributed by atoms with van der Waals surface area (Å²) in [5.74, 6) is 0.433. The fourth-order valence-corrected chi connectivity index (χ4v) is 2.47. The summed E-state index contributed by atoms with van der Waals surface area (Å²) < 4.78 is 0. The van der Waals surface area contributed by atoms with Crippen LogP contribution in [-0.2, 0) is 6.42 Å². The molecule has 0 unspecified atom stereocenters. The summed E-state index contributed by atoms with van der Waals surface area (Å²) in [6.45, 7) is 3.71. The molecular formula is C17H14O2. The van der Waals surface area contributed by atoms with Crippen molar-refractivity contribution in [1.82, 2.24) is 0 Å². The van der Waals surface area contributed by atoms with Gasteiger partial charge in [0, 0.05) is 21.5 Å². The highest BCUT2D eigenvalue weighted by Gasteiger charge is 2.12. The van der Waals surface area contributed by atoms with Gasteiger partial charge in [-0.2, -0.15) is 0 Å². The van der Waals surface area contributed by atoms with Crippen molar-refractivity contribution in [1.29, 1.82) is 0 Å². The summed E-state index contributed by atoms with van der Waals surface area (Å²) in [7, 11) is 0. The smallest absolute Gasteiger partial charge is 0.131 e. The van der Waals surface area contributed by atoms with Crippen molar-refractivity contribution in [2.24, 2.45) is 0 Å². The molecule has 0 aliphatic rings. The lowest BCUT2D eigenvalue weighted by Gasteiger charge is -2.10. The SMILES string of the molecule is C=CCc1ccc2c(O)c3ccccc3c(O)c2c1. The van der Waals surface area contributed by atoms with Gasteiger partial charge in [-0.3, -0.25) is 0 Å². The van der Waals surface area contributed by atoms with E-state index in [4.69, 9.17) is 0 Å². The maximum atomic E-state index is 10.4. The van der Waals surface area contributed by atoms with Crippen LogP contribution in [0.25, 0.3) is 21.5 Å². The minimum atomic E-state index is 0.216. The Morgan fingerprint density at radius 3 is 2.05 bits per heavy atom. The maximum Gasteiger partial charge on any atom is 0.131 e. The molecule has 2 heteroatoms. The van der Waals surface area contributed by atoms with Gasteiger partial charge < -0.3 is 10.2 Å². The average molecular weight is 250 g/mol. The highest BCUT2D eigenvalue weighted by Crippen LogP contribution is 2.41. The van der Waals surface area contributed by atoms with Gasteiger partial charge in [-0.25, -0.2) is 0 Å². The second-order valence-electron chi connectivity index (χ2n) is 4.62. The Kier molecular flexibility index (Phi) is 2.64. The molecule has 19 heavy (non-hydrogen) atoms. The summed E-state index contributed by atoms with van der Waals surface area (Å²) in [5, 5.41) is 23.4. The molecule has 0 aromatic heterocycles. The van der Waals surface area contributed by atoms with Crippen LogP contribution in [-0.4, -0.2) is 10.2 Å². The molecule has 0 amide bonds. The lowest BCUT2D eigenvalue weighted by Crippen LogP contribution is -1.85. The number of fused-ring (bicyclic) bond motifs is 2. The van der Waals surface area contributed by atoms with Crippen molar-refractivity contribution in [2.75, 3.05) is 0 Å². The lowest BCUT2D eigenvalue weighted by molar-refractivity contribution is 0.478. The minimum Gasteiger partial charge on any atom is -0.507 e. The van der Waals surface area contributed by atoms with E-state index in [1.54, 1.807) is 0 Å². The van der Waals surface area contributed by atoms with Crippen molar-refractivity contribution in [2.45, 2.75) is 6.42 Å². The van der Waals surface area contributed by atoms with Crippen molar-refractivity contribution in [3.8, 4) is 11.5 Å². The highest BCUT2D eigenvalue weighted by atomic mass is 16.3. The molecule has 2 N–H and O–H groups in total. The van der Waals surface area contributed by atoms with Crippen LogP contribution in [0.1, 0.15) is 5.56 Å². The first-order chi connectivity index (χ1) is 9.22. The fraction of sp³-hybridized carbons (Fsp3) is 0.0588. The quantitative estimate of drug-likeness (QED) is 0.408. The van der Waals surface area contributed by atoms with Gasteiger partial charge >= 0.3 is 0 Å². The van der Waals surface area contributed by atoms with Crippen LogP contribution >= 0.6 is 0 Å². The number of benzene rings is 3. The number of hydrogen-bond donors (Lipinski definition) is 2. The highest BCUT2D eigenvalue weighted by molar-refractivity contribution is 6.10. The molecule has 0 bridgehead atoms. The van der Waals surface area contributed by atoms with E-state index >= 15 is 0 Å². The zero-order valence-corrected chi connectivity index (χ0v) is 10.4. The largest absolute Gasteiger partial charge is 0.507 e. The van der Waals surface area contributed by atoms with Crippen LogP contribution in [0.15, 0.2) is 55.1 Å². The topological polar surface area (TPSA) is 40.5 Å². The van der Waals surface area contributed by atoms with E-state index in [0.29, 0.717) is 21.5 Å². The molecule has 0 fully saturated rings. The molecule has 0 radical (unpaired) electrons. The first kappa shape index (κ1) is 11.6. The molecule has 0 saturated heterocycles. The van der Waals surface area contributed by atoms with Crippen molar-refractivity contribution < 1.29 is 10.2 Å². The fourth-order valence-electron chi connectivity index (χ4n) is 2.47. The molecule has 0 aliphatic carbocycles. The molecule has 3 rings (SSSR count). The minimum absolute atomic E-state index is 0.216. The first-order valence-electron chi connectivity index (χ1n) is 6.18. The van der Waals surface area contributed by atoms with Crippen LogP contribution < -0.4 is 0 Å². The monoisotopic (exact) mass is 250 g/mol. The van der Waals surface area contributed by atoms with Gasteiger partial charge in [0.15, 0.2) is 0 Å². The van der Waals surface area contributed by atoms with Crippen molar-refractivity contribution in [3.63, 3.8) is 0 Å². The molecule has 0 spiro atoms. The van der Waals surface area contributed by atoms with Crippen LogP contribution in [0.3, 0.4) is 0 Å². The van der Waals surface area contributed by atoms with Gasteiger partial charge in [0.25, 0.3) is 0 Å². The molecule has 94 valence electrons. The van der Waals surface area contributed by atoms with Gasteiger partial charge in [-0.05, 0) is 18.1 Å². The van der Waals surface area contributed by atoms with Gasteiger partial charge in [0.2, 0.25) is 0 Å². The average Bonchev–Trinajstić information content (AvgIpc) is 2.45. The maximum absolute atomic E-state index is 10.4. The Bertz CT molecular complexity index is 788. The van der Waals surface area contributed by atoms with E-state index < -0.39 is 0 Å². The lowest BCUT2D eigenvalue weighted by atomic mass is 9.98. The molecule has 2 nitrogen and oxygen atoms in total. The second kappa shape index (κ2) is 4.32. The van der Waals surface area contributed by atoms with E-state index in [-0.39, 0.29) is 11.5 Å². The molecule has 0 heterocycles. The molecule has 0 atom stereocenters. The van der Waals surface area contributed by atoms with Crippen molar-refractivity contribution in [3.05, 3.63) is 60.7 Å².